The topological polar surface area (TPSA) is 214 Å². The molecule has 15 heteroatoms. The second kappa shape index (κ2) is 12.8. The van der Waals surface area contributed by atoms with Crippen molar-refractivity contribution in [1.29, 1.82) is 0 Å². The summed E-state index contributed by atoms with van der Waals surface area (Å²) in [4.78, 5) is 47.0. The molecule has 2 aromatic carbocycles. The van der Waals surface area contributed by atoms with Gasteiger partial charge in [-0.2, -0.15) is 9.90 Å². The number of aliphatic carboxylic acids is 1. The molecule has 0 bridgehead atoms. The number of hydrogen-bond acceptors (Lipinski definition) is 14. The molecule has 7 unspecified atom stereocenters. The number of rotatable bonds is 10. The molecule has 3 aromatic rings. The molecule has 3 aliphatic rings. The Morgan fingerprint density at radius 2 is 1.96 bits per heavy atom. The zero-order valence-corrected chi connectivity index (χ0v) is 24.2. The fourth-order valence-electron chi connectivity index (χ4n) is 5.30. The molecular weight excluding hydrogens is 606 g/mol. The Hall–Kier alpha value is -4.90. The molecule has 3 aliphatic heterocycles. The van der Waals surface area contributed by atoms with Crippen molar-refractivity contribution in [2.24, 2.45) is 4.99 Å². The van der Waals surface area contributed by atoms with Crippen LogP contribution in [0.5, 0.6) is 11.5 Å². The average Bonchev–Trinajstić information content (AvgIpc) is 3.63. The number of allylic oxidation sites excluding steroid dienone is 1. The number of nitrogens with one attached hydrogen (secondary N) is 2. The number of hydrogen-bond donors (Lipinski definition) is 5. The number of carboxylic acid groups (broad SMARTS) is 1. The van der Waals surface area contributed by atoms with Crippen molar-refractivity contribution in [2.45, 2.75) is 36.7 Å². The Balaban J connectivity index is 1.25. The Morgan fingerprint density at radius 1 is 1.17 bits per heavy atom. The van der Waals surface area contributed by atoms with Crippen molar-refractivity contribution in [1.82, 2.24) is 5.32 Å². The zero-order chi connectivity index (χ0) is 32.5. The molecule has 1 fully saturated rings. The van der Waals surface area contributed by atoms with Gasteiger partial charge in [0.15, 0.2) is 12.0 Å². The molecule has 0 aliphatic carbocycles. The van der Waals surface area contributed by atoms with Gasteiger partial charge in [-0.25, -0.2) is 4.79 Å². The van der Waals surface area contributed by atoms with Crippen molar-refractivity contribution in [3.63, 3.8) is 0 Å². The van der Waals surface area contributed by atoms with Crippen molar-refractivity contribution >= 4 is 28.6 Å². The molecule has 240 valence electrons. The van der Waals surface area contributed by atoms with Gasteiger partial charge in [-0.15, -0.1) is 0 Å². The highest BCUT2D eigenvalue weighted by atomic mass is 16.8. The first-order valence-corrected chi connectivity index (χ1v) is 14.2. The van der Waals surface area contributed by atoms with E-state index >= 15 is 0 Å². The molecule has 0 radical (unpaired) electrons. The summed E-state index contributed by atoms with van der Waals surface area (Å²) in [6.45, 7) is -0.307. The number of phenols is 1. The van der Waals surface area contributed by atoms with Crippen LogP contribution in [0.25, 0.3) is 22.1 Å². The number of aliphatic imine (C=N–C) groups is 1. The SMILES string of the molecule is CNC(C(=O)[O-])C(=O)OCC1OC(Oc2ccc3c(=O)c(-c4ccc(O)cc4)coc3c2)C(O[NH+]2C=C3C=CN=C3C2)C(O)C1O. The number of aromatic hydroxyl groups is 1. The molecule has 4 heterocycles. The Kier molecular flexibility index (Phi) is 8.68. The number of carbonyl (C=O) groups is 2. The number of nitrogens with zero attached hydrogens (tertiary/aromatic N) is 1. The fraction of sp³-hybridized carbons (Fsp3) is 0.290. The van der Waals surface area contributed by atoms with Gasteiger partial charge < -0.3 is 49.2 Å². The predicted molar refractivity (Wildman–Crippen MR) is 155 cm³/mol. The number of esters is 1. The normalized spacial score (nSPS) is 25.9. The first-order valence-electron chi connectivity index (χ1n) is 14.2. The molecule has 0 amide bonds. The number of aliphatic hydroxyl groups excluding tert-OH is 2. The molecule has 1 aromatic heterocycles. The maximum Gasteiger partial charge on any atom is 0.329 e. The van der Waals surface area contributed by atoms with Crippen molar-refractivity contribution in [3.8, 4) is 22.6 Å². The van der Waals surface area contributed by atoms with E-state index in [1.165, 1.54) is 43.6 Å². The van der Waals surface area contributed by atoms with Crippen LogP contribution in [0.1, 0.15) is 0 Å². The van der Waals surface area contributed by atoms with E-state index in [9.17, 15) is 34.8 Å². The molecule has 1 saturated heterocycles. The second-order valence-electron chi connectivity index (χ2n) is 10.7. The van der Waals surface area contributed by atoms with Gasteiger partial charge in [0.1, 0.15) is 66.2 Å². The lowest BCUT2D eigenvalue weighted by Crippen LogP contribution is -3.07. The van der Waals surface area contributed by atoms with Gasteiger partial charge in [0.25, 0.3) is 0 Å². The Bertz CT molecular complexity index is 1800. The van der Waals surface area contributed by atoms with Crippen LogP contribution >= 0.6 is 0 Å². The van der Waals surface area contributed by atoms with Crippen LogP contribution in [0.2, 0.25) is 0 Å². The third kappa shape index (κ3) is 6.15. The lowest BCUT2D eigenvalue weighted by atomic mass is 9.99. The van der Waals surface area contributed by atoms with Gasteiger partial charge in [0.2, 0.25) is 12.4 Å². The molecule has 0 spiro atoms. The number of hydroxylamine groups is 2. The van der Waals surface area contributed by atoms with E-state index in [1.807, 2.05) is 0 Å². The average molecular weight is 636 g/mol. The number of phenolic OH excluding ortho intramolecular Hbond substituents is 1. The van der Waals surface area contributed by atoms with Gasteiger partial charge in [0.05, 0.1) is 22.5 Å². The van der Waals surface area contributed by atoms with Gasteiger partial charge in [-0.1, -0.05) is 12.1 Å². The number of ether oxygens (including phenoxy) is 3. The van der Waals surface area contributed by atoms with Crippen LogP contribution in [-0.4, -0.2) is 89.9 Å². The van der Waals surface area contributed by atoms with E-state index in [-0.39, 0.29) is 33.5 Å². The minimum Gasteiger partial charge on any atom is -0.548 e. The second-order valence-corrected chi connectivity index (χ2v) is 10.7. The highest BCUT2D eigenvalue weighted by Gasteiger charge is 2.50. The standard InChI is InChI=1S/C31H29N3O12/c1-32-24(29(39)40)30(41)43-14-23-26(37)27(38)28(46-34-11-16-8-9-33-21(16)12-34)31(45-23)44-18-6-7-19-22(10-18)42-13-20(25(19)36)15-2-4-17(35)5-3-15/h2-11,13,23-24,26-28,31-32,35,37-38H,12,14H2,1H3,(H,39,40). The summed E-state index contributed by atoms with van der Waals surface area (Å²) in [5.41, 5.74) is 2.30. The van der Waals surface area contributed by atoms with E-state index in [2.05, 4.69) is 10.3 Å². The summed E-state index contributed by atoms with van der Waals surface area (Å²) in [6.07, 6.45) is -0.799. The molecule has 46 heavy (non-hydrogen) atoms. The van der Waals surface area contributed by atoms with E-state index in [1.54, 1.807) is 30.6 Å². The zero-order valence-electron chi connectivity index (χ0n) is 24.2. The number of fused-ring (bicyclic) bond motifs is 2. The van der Waals surface area contributed by atoms with Gasteiger partial charge in [-0.3, -0.25) is 9.79 Å². The Morgan fingerprint density at radius 3 is 2.67 bits per heavy atom. The molecule has 15 nitrogen and oxygen atoms in total. The van der Waals surface area contributed by atoms with Crippen LogP contribution in [0, 0.1) is 0 Å². The maximum absolute atomic E-state index is 13.2. The molecule has 6 rings (SSSR count). The van der Waals surface area contributed by atoms with Crippen LogP contribution < -0.4 is 25.7 Å². The first-order chi connectivity index (χ1) is 22.1. The molecule has 7 atom stereocenters. The summed E-state index contributed by atoms with van der Waals surface area (Å²) >= 11 is 0. The van der Waals surface area contributed by atoms with Crippen LogP contribution in [0.15, 0.2) is 87.0 Å². The van der Waals surface area contributed by atoms with Gasteiger partial charge in [0, 0.05) is 12.3 Å². The third-order valence-electron chi connectivity index (χ3n) is 7.73. The summed E-state index contributed by atoms with van der Waals surface area (Å²) in [6, 6.07) is 8.74. The minimum atomic E-state index is -1.76. The van der Waals surface area contributed by atoms with Crippen molar-refractivity contribution in [3.05, 3.63) is 83.0 Å². The lowest BCUT2D eigenvalue weighted by Gasteiger charge is -2.41. The highest BCUT2D eigenvalue weighted by Crippen LogP contribution is 2.29. The highest BCUT2D eigenvalue weighted by molar-refractivity contribution is 6.06. The number of benzene rings is 2. The number of aliphatic hydroxyl groups is 2. The van der Waals surface area contributed by atoms with Crippen LogP contribution in [0.4, 0.5) is 0 Å². The fourth-order valence-corrected chi connectivity index (χ4v) is 5.30. The molecule has 5 N–H and O–H groups in total. The lowest BCUT2D eigenvalue weighted by molar-refractivity contribution is -1.05. The summed E-state index contributed by atoms with van der Waals surface area (Å²) in [5.74, 6) is -2.69. The third-order valence-corrected chi connectivity index (χ3v) is 7.73. The Labute approximate surface area is 260 Å². The minimum absolute atomic E-state index is 0.0529. The van der Waals surface area contributed by atoms with E-state index in [0.29, 0.717) is 17.2 Å². The smallest absolute Gasteiger partial charge is 0.329 e. The predicted octanol–water partition coefficient (Wildman–Crippen LogP) is -2.08. The molecular formula is C31H29N3O12. The summed E-state index contributed by atoms with van der Waals surface area (Å²) in [7, 11) is 1.23. The van der Waals surface area contributed by atoms with Crippen LogP contribution in [-0.2, 0) is 23.9 Å². The van der Waals surface area contributed by atoms with E-state index in [4.69, 9.17) is 23.5 Å². The number of quaternary nitrogens is 1. The van der Waals surface area contributed by atoms with Crippen LogP contribution in [0.3, 0.4) is 0 Å². The summed E-state index contributed by atoms with van der Waals surface area (Å²) in [5, 5.41) is 45.7. The van der Waals surface area contributed by atoms with E-state index < -0.39 is 55.3 Å². The van der Waals surface area contributed by atoms with Gasteiger partial charge >= 0.3 is 5.97 Å². The molecule has 0 saturated carbocycles. The monoisotopic (exact) mass is 635 g/mol. The number of carboxylic acids is 1. The summed E-state index contributed by atoms with van der Waals surface area (Å²) < 4.78 is 22.8. The quantitative estimate of drug-likeness (QED) is 0.120. The number of carbonyl (C=O) groups excluding carboxylic acids is 2. The number of likely N-dealkylation sites (N-methyl/N-ethyl adjacent to an activating group) is 1. The van der Waals surface area contributed by atoms with Gasteiger partial charge in [-0.05, 0) is 43.0 Å². The first kappa shape index (κ1) is 31.1. The maximum atomic E-state index is 13.2. The van der Waals surface area contributed by atoms with Crippen molar-refractivity contribution in [2.75, 3.05) is 20.2 Å². The van der Waals surface area contributed by atoms with Crippen molar-refractivity contribution < 1.29 is 58.5 Å². The van der Waals surface area contributed by atoms with E-state index in [0.717, 1.165) is 11.3 Å². The largest absolute Gasteiger partial charge is 0.548 e.